The van der Waals surface area contributed by atoms with Crippen LogP contribution in [0.2, 0.25) is 0 Å². The number of hydrogen-bond acceptors (Lipinski definition) is 9. The predicted octanol–water partition coefficient (Wildman–Crippen LogP) is 6.19. The number of rotatable bonds is 6. The number of thiazole rings is 1. The van der Waals surface area contributed by atoms with Gasteiger partial charge in [-0.3, -0.25) is 9.80 Å². The summed E-state index contributed by atoms with van der Waals surface area (Å²) in [5.41, 5.74) is 3.03. The quantitative estimate of drug-likeness (QED) is 0.241. The highest BCUT2D eigenvalue weighted by atomic mass is 32.1. The van der Waals surface area contributed by atoms with Crippen molar-refractivity contribution in [3.8, 4) is 17.1 Å². The summed E-state index contributed by atoms with van der Waals surface area (Å²) in [7, 11) is 0. The Morgan fingerprint density at radius 3 is 2.53 bits per heavy atom. The minimum atomic E-state index is -4.95. The number of alkyl halides is 3. The van der Waals surface area contributed by atoms with E-state index in [1.165, 1.54) is 0 Å². The zero-order valence-corrected chi connectivity index (χ0v) is 24.9. The second kappa shape index (κ2) is 9.58. The molecule has 4 atom stereocenters. The molecule has 5 fully saturated rings. The minimum Gasteiger partial charge on any atom is -0.461 e. The Morgan fingerprint density at radius 1 is 1.02 bits per heavy atom. The fraction of sp³-hybridized carbons (Fsp3) is 0.516. The van der Waals surface area contributed by atoms with Crippen molar-refractivity contribution < 1.29 is 26.7 Å². The SMILES string of the molecule is Nc1nc2c(-c3c(C(F)(F)F)cc4c(N[C@H]5CC6CC7C[C@@H]5N67)nc(OCC56CCCN5CCC6)nc4c3F)ccc(F)c2s1. The molecule has 45 heavy (non-hydrogen) atoms. The number of nitrogens with one attached hydrogen (secondary N) is 1. The van der Waals surface area contributed by atoms with E-state index in [9.17, 15) is 17.6 Å². The van der Waals surface area contributed by atoms with Crippen LogP contribution in [-0.4, -0.2) is 74.2 Å². The summed E-state index contributed by atoms with van der Waals surface area (Å²) >= 11 is 0.792. The summed E-state index contributed by atoms with van der Waals surface area (Å²) in [4.78, 5) is 17.9. The van der Waals surface area contributed by atoms with E-state index in [4.69, 9.17) is 10.5 Å². The number of ether oxygens (including phenoxy) is 1. The van der Waals surface area contributed by atoms with Crippen LogP contribution in [0.15, 0.2) is 18.2 Å². The molecule has 0 bridgehead atoms. The monoisotopic (exact) mass is 643 g/mol. The smallest absolute Gasteiger partial charge is 0.417 e. The lowest BCUT2D eigenvalue weighted by atomic mass is 9.82. The third kappa shape index (κ3) is 4.10. The molecule has 0 radical (unpaired) electrons. The van der Waals surface area contributed by atoms with Gasteiger partial charge in [-0.2, -0.15) is 23.1 Å². The molecule has 14 heteroatoms. The van der Waals surface area contributed by atoms with Crippen LogP contribution in [0.4, 0.5) is 32.9 Å². The van der Waals surface area contributed by atoms with E-state index in [0.29, 0.717) is 18.7 Å². The number of nitrogen functional groups attached to an aromatic ring is 1. The molecule has 3 N–H and O–H groups in total. The van der Waals surface area contributed by atoms with E-state index in [2.05, 4.69) is 30.1 Å². The summed E-state index contributed by atoms with van der Waals surface area (Å²) in [6, 6.07) is 4.18. The van der Waals surface area contributed by atoms with Crippen molar-refractivity contribution in [3.05, 3.63) is 35.4 Å². The van der Waals surface area contributed by atoms with Crippen molar-refractivity contribution in [3.63, 3.8) is 0 Å². The fourth-order valence-corrected chi connectivity index (χ4v) is 9.60. The molecule has 0 amide bonds. The fourth-order valence-electron chi connectivity index (χ4n) is 8.83. The Bertz CT molecular complexity index is 1870. The first-order valence-corrected chi connectivity index (χ1v) is 16.3. The highest BCUT2D eigenvalue weighted by molar-refractivity contribution is 7.22. The Labute approximate surface area is 258 Å². The molecule has 5 saturated heterocycles. The number of halogens is 5. The molecule has 0 spiro atoms. The molecule has 2 unspecified atom stereocenters. The van der Waals surface area contributed by atoms with Gasteiger partial charge >= 0.3 is 12.2 Å². The molecular formula is C31H30F5N7OS. The molecule has 5 aliphatic heterocycles. The second-order valence-corrected chi connectivity index (χ2v) is 14.2. The number of nitrogens with two attached hydrogens (primary N) is 1. The maximum absolute atomic E-state index is 16.8. The molecule has 2 aromatic heterocycles. The van der Waals surface area contributed by atoms with Gasteiger partial charge in [0.05, 0.1) is 21.3 Å². The maximum atomic E-state index is 16.8. The molecule has 5 aliphatic rings. The highest BCUT2D eigenvalue weighted by Gasteiger charge is 2.59. The van der Waals surface area contributed by atoms with Gasteiger partial charge in [0, 0.05) is 40.7 Å². The predicted molar refractivity (Wildman–Crippen MR) is 160 cm³/mol. The first-order valence-electron chi connectivity index (χ1n) is 15.5. The van der Waals surface area contributed by atoms with Crippen LogP contribution in [0.3, 0.4) is 0 Å². The molecule has 4 aromatic rings. The first kappa shape index (κ1) is 27.9. The Kier molecular flexibility index (Phi) is 5.94. The lowest BCUT2D eigenvalue weighted by Gasteiger charge is -2.57. The van der Waals surface area contributed by atoms with Crippen LogP contribution in [0.25, 0.3) is 32.2 Å². The number of benzene rings is 2. The van der Waals surface area contributed by atoms with E-state index in [0.717, 1.165) is 87.6 Å². The summed E-state index contributed by atoms with van der Waals surface area (Å²) in [5.74, 6) is -1.78. The van der Waals surface area contributed by atoms with Crippen LogP contribution < -0.4 is 15.8 Å². The molecule has 0 saturated carbocycles. The van der Waals surface area contributed by atoms with E-state index in [-0.39, 0.29) is 61.3 Å². The van der Waals surface area contributed by atoms with Gasteiger partial charge in [0.15, 0.2) is 10.9 Å². The third-order valence-corrected chi connectivity index (χ3v) is 11.8. The number of aromatic nitrogens is 3. The summed E-state index contributed by atoms with van der Waals surface area (Å²) in [5, 5.41) is 3.27. The van der Waals surface area contributed by atoms with Gasteiger partial charge in [0.1, 0.15) is 23.8 Å². The van der Waals surface area contributed by atoms with Crippen molar-refractivity contribution in [2.24, 2.45) is 0 Å². The van der Waals surface area contributed by atoms with Crippen molar-refractivity contribution in [1.29, 1.82) is 0 Å². The minimum absolute atomic E-state index is 0.0368. The van der Waals surface area contributed by atoms with Gasteiger partial charge in [0.2, 0.25) is 0 Å². The Morgan fingerprint density at radius 2 is 1.80 bits per heavy atom. The van der Waals surface area contributed by atoms with Crippen LogP contribution >= 0.6 is 11.3 Å². The van der Waals surface area contributed by atoms with E-state index >= 15 is 4.39 Å². The van der Waals surface area contributed by atoms with Crippen LogP contribution in [0, 0.1) is 11.6 Å². The number of anilines is 2. The standard InChI is InChI=1S/C31H30F5N7OS/c32-19-4-3-16(25-26(19)45-28(37)39-25)22-18(31(34,35)36)12-17-24(23(22)33)40-29(44-13-30-5-1-7-42(30)8-2-6-30)41-27(17)38-20-10-14-9-15-11-21(20)43(14)15/h3-4,12,14-15,20-21H,1-2,5-11,13H2,(H2,37,39)(H,38,40,41)/t14?,15?,20-,21-/m0/s1. The van der Waals surface area contributed by atoms with E-state index in [1.807, 2.05) is 0 Å². The van der Waals surface area contributed by atoms with Gasteiger partial charge in [-0.25, -0.2) is 13.8 Å². The van der Waals surface area contributed by atoms with Crippen LogP contribution in [-0.2, 0) is 6.18 Å². The lowest BCUT2D eigenvalue weighted by molar-refractivity contribution is -0.137. The zero-order valence-electron chi connectivity index (χ0n) is 24.1. The van der Waals surface area contributed by atoms with Crippen molar-refractivity contribution in [1.82, 2.24) is 24.8 Å². The number of fused-ring (bicyclic) bond motifs is 3. The summed E-state index contributed by atoms with van der Waals surface area (Å²) in [6.07, 6.45) is 2.08. The summed E-state index contributed by atoms with van der Waals surface area (Å²) < 4.78 is 81.9. The average molecular weight is 644 g/mol. The van der Waals surface area contributed by atoms with Crippen LogP contribution in [0.5, 0.6) is 6.01 Å². The molecule has 2 aromatic carbocycles. The Balaban J connectivity index is 1.21. The number of hydrogen-bond donors (Lipinski definition) is 2. The molecule has 8 nitrogen and oxygen atoms in total. The number of piperidine rings is 1. The normalized spacial score (nSPS) is 27.0. The van der Waals surface area contributed by atoms with Crippen molar-refractivity contribution >= 4 is 43.4 Å². The molecule has 236 valence electrons. The van der Waals surface area contributed by atoms with Crippen molar-refractivity contribution in [2.75, 3.05) is 30.7 Å². The molecule has 7 heterocycles. The van der Waals surface area contributed by atoms with Gasteiger partial charge in [-0.15, -0.1) is 0 Å². The van der Waals surface area contributed by atoms with Gasteiger partial charge in [-0.05, 0) is 76.2 Å². The molecule has 9 rings (SSSR count). The lowest BCUT2D eigenvalue weighted by Crippen LogP contribution is -2.66. The Hall–Kier alpha value is -3.36. The maximum Gasteiger partial charge on any atom is 0.417 e. The molecular weight excluding hydrogens is 613 g/mol. The average Bonchev–Trinajstić information content (AvgIpc) is 3.68. The summed E-state index contributed by atoms with van der Waals surface area (Å²) in [6.45, 7) is 2.29. The van der Waals surface area contributed by atoms with E-state index < -0.39 is 28.9 Å². The third-order valence-electron chi connectivity index (χ3n) is 10.9. The largest absolute Gasteiger partial charge is 0.461 e. The zero-order chi connectivity index (χ0) is 30.8. The van der Waals surface area contributed by atoms with Crippen LogP contribution in [0.1, 0.15) is 50.5 Å². The molecule has 0 aliphatic carbocycles. The van der Waals surface area contributed by atoms with Crippen molar-refractivity contribution in [2.45, 2.75) is 80.8 Å². The second-order valence-electron chi connectivity index (χ2n) is 13.2. The van der Waals surface area contributed by atoms with Gasteiger partial charge in [0.25, 0.3) is 0 Å². The highest BCUT2D eigenvalue weighted by Crippen LogP contribution is 2.52. The first-order chi connectivity index (χ1) is 21.6. The van der Waals surface area contributed by atoms with Gasteiger partial charge in [-0.1, -0.05) is 11.3 Å². The van der Waals surface area contributed by atoms with Gasteiger partial charge < -0.3 is 15.8 Å². The van der Waals surface area contributed by atoms with E-state index in [1.54, 1.807) is 0 Å². The topological polar surface area (TPSA) is 92.4 Å². The number of nitrogens with zero attached hydrogens (tertiary/aromatic N) is 5.